The minimum Gasteiger partial charge on any atom is -0.481 e. The van der Waals surface area contributed by atoms with Gasteiger partial charge in [0.25, 0.3) is 5.56 Å². The first kappa shape index (κ1) is 14.4. The third-order valence-electron chi connectivity index (χ3n) is 3.09. The maximum Gasteiger partial charge on any atom is 0.332 e. The zero-order valence-electron chi connectivity index (χ0n) is 11.7. The van der Waals surface area contributed by atoms with Gasteiger partial charge in [-0.3, -0.25) is 19.1 Å². The molecule has 0 bridgehead atoms. The molecular formula is C14H11N5O4. The van der Waals surface area contributed by atoms with Crippen molar-refractivity contribution < 1.29 is 9.90 Å². The summed E-state index contributed by atoms with van der Waals surface area (Å²) in [6.45, 7) is 0. The number of H-pyrrole nitrogens is 1. The Balaban J connectivity index is 1.90. The van der Waals surface area contributed by atoms with Crippen LogP contribution in [0.4, 0.5) is 0 Å². The van der Waals surface area contributed by atoms with E-state index in [0.717, 1.165) is 0 Å². The van der Waals surface area contributed by atoms with E-state index >= 15 is 0 Å². The largest absolute Gasteiger partial charge is 0.481 e. The average molecular weight is 313 g/mol. The lowest BCUT2D eigenvalue weighted by atomic mass is 10.2. The third-order valence-corrected chi connectivity index (χ3v) is 3.09. The second-order valence-electron chi connectivity index (χ2n) is 4.72. The van der Waals surface area contributed by atoms with Crippen molar-refractivity contribution in [3.63, 3.8) is 0 Å². The van der Waals surface area contributed by atoms with Gasteiger partial charge in [-0.1, -0.05) is 5.21 Å². The molecule has 0 amide bonds. The quantitative estimate of drug-likeness (QED) is 0.683. The fourth-order valence-corrected chi connectivity index (χ4v) is 2.05. The molecule has 0 spiro atoms. The second kappa shape index (κ2) is 5.72. The maximum atomic E-state index is 11.7. The van der Waals surface area contributed by atoms with Crippen LogP contribution in [0.2, 0.25) is 0 Å². The molecule has 0 radical (unpaired) electrons. The van der Waals surface area contributed by atoms with Gasteiger partial charge in [0, 0.05) is 12.3 Å². The van der Waals surface area contributed by atoms with Crippen LogP contribution in [0.1, 0.15) is 5.69 Å². The smallest absolute Gasteiger partial charge is 0.332 e. The van der Waals surface area contributed by atoms with Crippen molar-refractivity contribution in [2.45, 2.75) is 6.42 Å². The summed E-state index contributed by atoms with van der Waals surface area (Å²) in [6, 6.07) is 8.00. The first-order valence-electron chi connectivity index (χ1n) is 6.59. The fourth-order valence-electron chi connectivity index (χ4n) is 2.05. The number of aromatic amines is 1. The number of nitrogens with one attached hydrogen (secondary N) is 1. The monoisotopic (exact) mass is 313 g/mol. The molecular weight excluding hydrogens is 302 g/mol. The number of carboxylic acids is 1. The molecule has 0 saturated heterocycles. The van der Waals surface area contributed by atoms with E-state index in [1.165, 1.54) is 27.7 Å². The molecule has 3 rings (SSSR count). The van der Waals surface area contributed by atoms with Gasteiger partial charge in [-0.2, -0.15) is 0 Å². The van der Waals surface area contributed by atoms with Gasteiger partial charge < -0.3 is 5.11 Å². The molecule has 3 aromatic rings. The average Bonchev–Trinajstić information content (AvgIpc) is 2.95. The van der Waals surface area contributed by atoms with Crippen LogP contribution in [0.25, 0.3) is 11.4 Å². The lowest BCUT2D eigenvalue weighted by Crippen LogP contribution is -2.27. The van der Waals surface area contributed by atoms with Crippen molar-refractivity contribution in [2.75, 3.05) is 0 Å². The van der Waals surface area contributed by atoms with Crippen LogP contribution in [-0.2, 0) is 11.2 Å². The van der Waals surface area contributed by atoms with Crippen LogP contribution in [0.3, 0.4) is 0 Å². The molecule has 0 aliphatic rings. The van der Waals surface area contributed by atoms with Crippen molar-refractivity contribution in [2.24, 2.45) is 0 Å². The highest BCUT2D eigenvalue weighted by atomic mass is 16.4. The van der Waals surface area contributed by atoms with Crippen molar-refractivity contribution in [1.82, 2.24) is 24.5 Å². The Morgan fingerprint density at radius 3 is 2.48 bits per heavy atom. The second-order valence-corrected chi connectivity index (χ2v) is 4.72. The summed E-state index contributed by atoms with van der Waals surface area (Å²) < 4.78 is 2.74. The van der Waals surface area contributed by atoms with Crippen molar-refractivity contribution in [3.05, 3.63) is 69.3 Å². The van der Waals surface area contributed by atoms with Crippen LogP contribution >= 0.6 is 0 Å². The van der Waals surface area contributed by atoms with E-state index in [4.69, 9.17) is 5.11 Å². The molecule has 2 heterocycles. The molecule has 0 unspecified atom stereocenters. The van der Waals surface area contributed by atoms with Gasteiger partial charge >= 0.3 is 11.7 Å². The lowest BCUT2D eigenvalue weighted by Gasteiger charge is -2.05. The van der Waals surface area contributed by atoms with Crippen LogP contribution < -0.4 is 11.2 Å². The van der Waals surface area contributed by atoms with E-state index in [2.05, 4.69) is 15.3 Å². The number of aromatic nitrogens is 5. The predicted molar refractivity (Wildman–Crippen MR) is 78.9 cm³/mol. The van der Waals surface area contributed by atoms with Crippen LogP contribution in [-0.4, -0.2) is 35.6 Å². The molecule has 1 aromatic carbocycles. The Bertz CT molecular complexity index is 968. The molecule has 9 heteroatoms. The number of hydrogen-bond acceptors (Lipinski definition) is 5. The van der Waals surface area contributed by atoms with E-state index in [0.29, 0.717) is 17.1 Å². The zero-order valence-corrected chi connectivity index (χ0v) is 11.7. The summed E-state index contributed by atoms with van der Waals surface area (Å²) in [5.74, 6) is -0.982. The highest BCUT2D eigenvalue weighted by molar-refractivity contribution is 5.69. The van der Waals surface area contributed by atoms with E-state index in [-0.39, 0.29) is 6.42 Å². The Kier molecular flexibility index (Phi) is 3.59. The van der Waals surface area contributed by atoms with Crippen LogP contribution in [0.5, 0.6) is 0 Å². The molecule has 0 saturated carbocycles. The third kappa shape index (κ3) is 3.07. The van der Waals surface area contributed by atoms with Gasteiger partial charge in [-0.25, -0.2) is 9.48 Å². The minimum absolute atomic E-state index is 0.204. The van der Waals surface area contributed by atoms with Gasteiger partial charge in [-0.15, -0.1) is 5.10 Å². The first-order chi connectivity index (χ1) is 11.0. The minimum atomic E-state index is -0.982. The molecule has 2 N–H and O–H groups in total. The van der Waals surface area contributed by atoms with Gasteiger partial charge in [0.2, 0.25) is 0 Å². The Morgan fingerprint density at radius 1 is 1.13 bits per heavy atom. The molecule has 0 aliphatic heterocycles. The van der Waals surface area contributed by atoms with E-state index < -0.39 is 17.2 Å². The van der Waals surface area contributed by atoms with Crippen molar-refractivity contribution in [1.29, 1.82) is 0 Å². The highest BCUT2D eigenvalue weighted by Gasteiger charge is 2.07. The topological polar surface area (TPSA) is 123 Å². The molecule has 0 aliphatic carbocycles. The fraction of sp³-hybridized carbons (Fsp3) is 0.0714. The van der Waals surface area contributed by atoms with Gasteiger partial charge in [-0.05, 0) is 24.3 Å². The summed E-state index contributed by atoms with van der Waals surface area (Å²) in [5.41, 5.74) is 0.584. The Morgan fingerprint density at radius 2 is 1.83 bits per heavy atom. The van der Waals surface area contributed by atoms with Crippen LogP contribution in [0, 0.1) is 0 Å². The summed E-state index contributed by atoms with van der Waals surface area (Å²) in [5, 5.41) is 16.4. The maximum absolute atomic E-state index is 11.7. The molecule has 0 fully saturated rings. The number of carbonyl (C=O) groups is 1. The van der Waals surface area contributed by atoms with Crippen molar-refractivity contribution >= 4 is 5.97 Å². The summed E-state index contributed by atoms with van der Waals surface area (Å²) in [6.07, 6.45) is 2.71. The van der Waals surface area contributed by atoms with E-state index in [1.807, 2.05) is 0 Å². The number of hydrogen-bond donors (Lipinski definition) is 2. The van der Waals surface area contributed by atoms with Gasteiger partial charge in [0.1, 0.15) is 0 Å². The number of carboxylic acid groups (broad SMARTS) is 1. The molecule has 2 aromatic heterocycles. The van der Waals surface area contributed by atoms with E-state index in [9.17, 15) is 14.4 Å². The molecule has 23 heavy (non-hydrogen) atoms. The van der Waals surface area contributed by atoms with Gasteiger partial charge in [0.15, 0.2) is 0 Å². The number of aliphatic carboxylic acids is 1. The first-order valence-corrected chi connectivity index (χ1v) is 6.59. The normalized spacial score (nSPS) is 10.6. The number of rotatable bonds is 4. The zero-order chi connectivity index (χ0) is 16.4. The predicted octanol–water partition coefficient (Wildman–Crippen LogP) is -0.266. The lowest BCUT2D eigenvalue weighted by molar-refractivity contribution is -0.136. The summed E-state index contributed by atoms with van der Waals surface area (Å²) >= 11 is 0. The number of nitrogens with zero attached hydrogens (tertiary/aromatic N) is 4. The summed E-state index contributed by atoms with van der Waals surface area (Å²) in [4.78, 5) is 35.6. The molecule has 116 valence electrons. The number of benzene rings is 1. The Hall–Kier alpha value is -3.49. The van der Waals surface area contributed by atoms with Crippen LogP contribution in [0.15, 0.2) is 52.3 Å². The summed E-state index contributed by atoms with van der Waals surface area (Å²) in [7, 11) is 0. The molecule has 9 nitrogen and oxygen atoms in total. The van der Waals surface area contributed by atoms with Gasteiger partial charge in [0.05, 0.1) is 29.7 Å². The van der Waals surface area contributed by atoms with Crippen molar-refractivity contribution in [3.8, 4) is 11.4 Å². The standard InChI is InChI=1S/C14H11N5O4/c20-12-5-6-18(14(23)15-12)10-1-3-11(4-2-10)19-8-9(16-17-19)7-13(21)22/h1-6,8H,7H2,(H,21,22)(H,15,20,23). The van der Waals surface area contributed by atoms with E-state index in [1.54, 1.807) is 24.3 Å². The Labute approximate surface area is 128 Å². The SMILES string of the molecule is O=C(O)Cc1cn(-c2ccc(-n3ccc(=O)[nH]c3=O)cc2)nn1. The molecule has 0 atom stereocenters. The highest BCUT2D eigenvalue weighted by Crippen LogP contribution is 2.11.